The number of hydrogen-bond acceptors (Lipinski definition) is 4. The summed E-state index contributed by atoms with van der Waals surface area (Å²) in [6.07, 6.45) is 0.887. The third-order valence-corrected chi connectivity index (χ3v) is 3.43. The molecule has 132 valence electrons. The predicted octanol–water partition coefficient (Wildman–Crippen LogP) is 3.80. The van der Waals surface area contributed by atoms with E-state index in [0.29, 0.717) is 29.5 Å². The molecule has 1 amide bonds. The Morgan fingerprint density at radius 2 is 1.72 bits per heavy atom. The third kappa shape index (κ3) is 6.67. The maximum absolute atomic E-state index is 12.1. The Labute approximate surface area is 148 Å². The summed E-state index contributed by atoms with van der Waals surface area (Å²) in [5.74, 6) is 0.859. The van der Waals surface area contributed by atoms with Crippen LogP contribution in [0.5, 0.6) is 11.5 Å². The van der Waals surface area contributed by atoms with E-state index in [1.165, 1.54) is 0 Å². The van der Waals surface area contributed by atoms with E-state index in [-0.39, 0.29) is 12.5 Å². The van der Waals surface area contributed by atoms with Crippen molar-refractivity contribution in [1.82, 2.24) is 5.32 Å². The summed E-state index contributed by atoms with van der Waals surface area (Å²) < 4.78 is 10.7. The fourth-order valence-corrected chi connectivity index (χ4v) is 2.08. The summed E-state index contributed by atoms with van der Waals surface area (Å²) in [5, 5.41) is 2.72. The Morgan fingerprint density at radius 3 is 2.44 bits per heavy atom. The highest BCUT2D eigenvalue weighted by Gasteiger charge is 2.11. The molecule has 0 aromatic heterocycles. The number of para-hydroxylation sites is 1. The average Bonchev–Trinajstić information content (AvgIpc) is 2.60. The van der Waals surface area contributed by atoms with E-state index in [1.54, 1.807) is 24.3 Å². The molecule has 0 atom stereocenters. The molecule has 0 bridgehead atoms. The first-order valence-corrected chi connectivity index (χ1v) is 8.31. The molecular weight excluding hydrogens is 318 g/mol. The number of nitrogens with one attached hydrogen (secondary N) is 1. The van der Waals surface area contributed by atoms with Crippen LogP contribution in [-0.2, 0) is 9.53 Å². The van der Waals surface area contributed by atoms with E-state index < -0.39 is 5.97 Å². The van der Waals surface area contributed by atoms with Gasteiger partial charge in [0.1, 0.15) is 11.5 Å². The summed E-state index contributed by atoms with van der Waals surface area (Å²) >= 11 is 0. The van der Waals surface area contributed by atoms with Crippen molar-refractivity contribution in [2.24, 2.45) is 5.92 Å². The van der Waals surface area contributed by atoms with Crippen molar-refractivity contribution >= 4 is 11.9 Å². The maximum atomic E-state index is 12.1. The molecule has 0 unspecified atom stereocenters. The average molecular weight is 341 g/mol. The number of carbonyl (C=O) groups excluding carboxylic acids is 2. The second-order valence-corrected chi connectivity index (χ2v) is 6.05. The minimum Gasteiger partial charge on any atom is -0.457 e. The molecule has 0 radical (unpaired) electrons. The monoisotopic (exact) mass is 341 g/mol. The van der Waals surface area contributed by atoms with Crippen LogP contribution in [-0.4, -0.2) is 25.0 Å². The maximum Gasteiger partial charge on any atom is 0.338 e. The first-order chi connectivity index (χ1) is 12.0. The molecule has 25 heavy (non-hydrogen) atoms. The van der Waals surface area contributed by atoms with Crippen molar-refractivity contribution in [3.63, 3.8) is 0 Å². The molecule has 5 nitrogen and oxygen atoms in total. The van der Waals surface area contributed by atoms with Gasteiger partial charge in [-0.1, -0.05) is 38.1 Å². The van der Waals surface area contributed by atoms with Gasteiger partial charge in [0.2, 0.25) is 0 Å². The van der Waals surface area contributed by atoms with Crippen LogP contribution in [0.1, 0.15) is 30.6 Å². The standard InChI is InChI=1S/C20H23NO4/c1-15(2)11-12-21-19(22)14-24-20(23)16-7-6-10-18(13-16)25-17-8-4-3-5-9-17/h3-10,13,15H,11-12,14H2,1-2H3,(H,21,22). The second kappa shape index (κ2) is 9.47. The van der Waals surface area contributed by atoms with E-state index in [0.717, 1.165) is 6.42 Å². The second-order valence-electron chi connectivity index (χ2n) is 6.05. The lowest BCUT2D eigenvalue weighted by molar-refractivity contribution is -0.124. The quantitative estimate of drug-likeness (QED) is 0.742. The summed E-state index contributed by atoms with van der Waals surface area (Å²) in [7, 11) is 0. The van der Waals surface area contributed by atoms with Crippen LogP contribution in [0.3, 0.4) is 0 Å². The largest absolute Gasteiger partial charge is 0.457 e. The van der Waals surface area contributed by atoms with Crippen molar-refractivity contribution in [2.75, 3.05) is 13.2 Å². The molecule has 0 aliphatic carbocycles. The van der Waals surface area contributed by atoms with Gasteiger partial charge in [-0.15, -0.1) is 0 Å². The minimum atomic E-state index is -0.558. The molecule has 0 heterocycles. The highest BCUT2D eigenvalue weighted by molar-refractivity contribution is 5.91. The number of rotatable bonds is 8. The molecule has 0 fully saturated rings. The number of carbonyl (C=O) groups is 2. The van der Waals surface area contributed by atoms with E-state index in [1.807, 2.05) is 30.3 Å². The van der Waals surface area contributed by atoms with Gasteiger partial charge < -0.3 is 14.8 Å². The van der Waals surface area contributed by atoms with E-state index in [4.69, 9.17) is 9.47 Å². The fourth-order valence-electron chi connectivity index (χ4n) is 2.08. The number of benzene rings is 2. The van der Waals surface area contributed by atoms with Gasteiger partial charge in [0.25, 0.3) is 5.91 Å². The molecule has 2 aromatic carbocycles. The SMILES string of the molecule is CC(C)CCNC(=O)COC(=O)c1cccc(Oc2ccccc2)c1. The Morgan fingerprint density at radius 1 is 1.00 bits per heavy atom. The molecule has 5 heteroatoms. The Hall–Kier alpha value is -2.82. The number of amides is 1. The zero-order valence-corrected chi connectivity index (χ0v) is 14.5. The molecular formula is C20H23NO4. The van der Waals surface area contributed by atoms with Crippen molar-refractivity contribution in [2.45, 2.75) is 20.3 Å². The molecule has 0 saturated carbocycles. The smallest absolute Gasteiger partial charge is 0.338 e. The van der Waals surface area contributed by atoms with E-state index in [2.05, 4.69) is 19.2 Å². The van der Waals surface area contributed by atoms with Gasteiger partial charge in [0.15, 0.2) is 6.61 Å². The molecule has 1 N–H and O–H groups in total. The summed E-state index contributed by atoms with van der Waals surface area (Å²) in [5.41, 5.74) is 0.336. The van der Waals surface area contributed by atoms with Crippen LogP contribution in [0.15, 0.2) is 54.6 Å². The van der Waals surface area contributed by atoms with Crippen molar-refractivity contribution in [3.8, 4) is 11.5 Å². The molecule has 2 aromatic rings. The van der Waals surface area contributed by atoms with E-state index in [9.17, 15) is 9.59 Å². The topological polar surface area (TPSA) is 64.6 Å². The Balaban J connectivity index is 1.85. The summed E-state index contributed by atoms with van der Waals surface area (Å²) in [6, 6.07) is 15.9. The van der Waals surface area contributed by atoms with Gasteiger partial charge in [-0.2, -0.15) is 0 Å². The van der Waals surface area contributed by atoms with Crippen LogP contribution in [0.25, 0.3) is 0 Å². The van der Waals surface area contributed by atoms with Gasteiger partial charge >= 0.3 is 5.97 Å². The number of hydrogen-bond donors (Lipinski definition) is 1. The van der Waals surface area contributed by atoms with Crippen LogP contribution in [0.2, 0.25) is 0 Å². The van der Waals surface area contributed by atoms with Crippen LogP contribution in [0, 0.1) is 5.92 Å². The van der Waals surface area contributed by atoms with Crippen molar-refractivity contribution in [1.29, 1.82) is 0 Å². The summed E-state index contributed by atoms with van der Waals surface area (Å²) in [6.45, 7) is 4.45. The van der Waals surface area contributed by atoms with Gasteiger partial charge in [-0.3, -0.25) is 4.79 Å². The number of esters is 1. The molecule has 2 rings (SSSR count). The molecule has 0 aliphatic heterocycles. The minimum absolute atomic E-state index is 0.291. The van der Waals surface area contributed by atoms with Crippen molar-refractivity contribution < 1.29 is 19.1 Å². The fraction of sp³-hybridized carbons (Fsp3) is 0.300. The number of ether oxygens (including phenoxy) is 2. The first kappa shape index (κ1) is 18.5. The predicted molar refractivity (Wildman–Crippen MR) is 95.7 cm³/mol. The van der Waals surface area contributed by atoms with Gasteiger partial charge in [0, 0.05) is 6.54 Å². The lowest BCUT2D eigenvalue weighted by atomic mass is 10.1. The first-order valence-electron chi connectivity index (χ1n) is 8.31. The van der Waals surface area contributed by atoms with Gasteiger partial charge in [-0.25, -0.2) is 4.79 Å². The van der Waals surface area contributed by atoms with Crippen LogP contribution < -0.4 is 10.1 Å². The lowest BCUT2D eigenvalue weighted by Gasteiger charge is -2.09. The highest BCUT2D eigenvalue weighted by Crippen LogP contribution is 2.22. The molecule has 0 saturated heterocycles. The van der Waals surface area contributed by atoms with Crippen molar-refractivity contribution in [3.05, 3.63) is 60.2 Å². The van der Waals surface area contributed by atoms with Gasteiger partial charge in [-0.05, 0) is 42.7 Å². The Kier molecular flexibility index (Phi) is 7.01. The zero-order valence-electron chi connectivity index (χ0n) is 14.5. The summed E-state index contributed by atoms with van der Waals surface area (Å²) in [4.78, 5) is 23.7. The zero-order chi connectivity index (χ0) is 18.1. The highest BCUT2D eigenvalue weighted by atomic mass is 16.5. The van der Waals surface area contributed by atoms with Gasteiger partial charge in [0.05, 0.1) is 5.56 Å². The van der Waals surface area contributed by atoms with Crippen LogP contribution >= 0.6 is 0 Å². The Bertz CT molecular complexity index is 698. The molecule has 0 spiro atoms. The van der Waals surface area contributed by atoms with E-state index >= 15 is 0 Å². The van der Waals surface area contributed by atoms with Crippen LogP contribution in [0.4, 0.5) is 0 Å². The lowest BCUT2D eigenvalue weighted by Crippen LogP contribution is -2.30. The normalized spacial score (nSPS) is 10.4. The molecule has 0 aliphatic rings. The third-order valence-electron chi connectivity index (χ3n) is 3.43.